The Kier molecular flexibility index (Phi) is 2.86. The maximum Gasteiger partial charge on any atom is 0.290 e. The summed E-state index contributed by atoms with van der Waals surface area (Å²) >= 11 is 0. The number of amides is 1. The van der Waals surface area contributed by atoms with Crippen LogP contribution in [0.5, 0.6) is 0 Å². The molecule has 0 radical (unpaired) electrons. The van der Waals surface area contributed by atoms with E-state index in [1.165, 1.54) is 19.3 Å². The number of aryl methyl sites for hydroxylation is 1. The number of piperidine rings is 1. The smallest absolute Gasteiger partial charge is 0.290 e. The minimum Gasteiger partial charge on any atom is -0.351 e. The van der Waals surface area contributed by atoms with Crippen LogP contribution in [0.4, 0.5) is 0 Å². The van der Waals surface area contributed by atoms with E-state index in [0.717, 1.165) is 24.9 Å². The van der Waals surface area contributed by atoms with Crippen LogP contribution in [0.25, 0.3) is 0 Å². The molecule has 1 saturated carbocycles. The molecule has 1 unspecified atom stereocenters. The molecule has 5 heteroatoms. The lowest BCUT2D eigenvalue weighted by Gasteiger charge is -2.48. The Hall–Kier alpha value is -1.36. The van der Waals surface area contributed by atoms with Gasteiger partial charge in [-0.15, -0.1) is 0 Å². The molecule has 1 aliphatic carbocycles. The topological polar surface area (TPSA) is 67.2 Å². The van der Waals surface area contributed by atoms with Crippen molar-refractivity contribution in [2.75, 3.05) is 6.54 Å². The zero-order chi connectivity index (χ0) is 12.6. The highest BCUT2D eigenvalue weighted by molar-refractivity contribution is 5.92. The number of hydrogen-bond acceptors (Lipinski definition) is 4. The molecule has 2 heterocycles. The van der Waals surface area contributed by atoms with Crippen molar-refractivity contribution < 1.29 is 9.32 Å². The van der Waals surface area contributed by atoms with Gasteiger partial charge in [0.2, 0.25) is 5.76 Å². The van der Waals surface area contributed by atoms with Gasteiger partial charge in [-0.1, -0.05) is 5.16 Å². The lowest BCUT2D eigenvalue weighted by atomic mass is 9.70. The lowest BCUT2D eigenvalue weighted by molar-refractivity contribution is 0.0819. The second-order valence-corrected chi connectivity index (χ2v) is 5.56. The summed E-state index contributed by atoms with van der Waals surface area (Å²) in [4.78, 5) is 12.0. The van der Waals surface area contributed by atoms with Crippen molar-refractivity contribution >= 4 is 5.91 Å². The van der Waals surface area contributed by atoms with E-state index in [-0.39, 0.29) is 11.9 Å². The molecule has 2 N–H and O–H groups in total. The molecule has 1 aromatic rings. The van der Waals surface area contributed by atoms with Gasteiger partial charge in [0, 0.05) is 17.1 Å². The van der Waals surface area contributed by atoms with Gasteiger partial charge in [-0.25, -0.2) is 0 Å². The van der Waals surface area contributed by atoms with Crippen molar-refractivity contribution in [3.63, 3.8) is 0 Å². The molecule has 2 fully saturated rings. The Morgan fingerprint density at radius 2 is 2.44 bits per heavy atom. The predicted molar refractivity (Wildman–Crippen MR) is 66.3 cm³/mol. The van der Waals surface area contributed by atoms with E-state index in [2.05, 4.69) is 15.8 Å². The van der Waals surface area contributed by atoms with Crippen LogP contribution in [0.2, 0.25) is 0 Å². The predicted octanol–water partition coefficient (Wildman–Crippen LogP) is 1.39. The van der Waals surface area contributed by atoms with E-state index < -0.39 is 0 Å². The molecular formula is C13H19N3O2. The first-order chi connectivity index (χ1) is 8.69. The average molecular weight is 249 g/mol. The molecule has 98 valence electrons. The summed E-state index contributed by atoms with van der Waals surface area (Å²) in [5.41, 5.74) is 1.09. The molecule has 1 saturated heterocycles. The molecule has 1 aliphatic heterocycles. The maximum absolute atomic E-state index is 12.0. The highest BCUT2D eigenvalue weighted by Crippen LogP contribution is 2.38. The molecule has 1 atom stereocenters. The first-order valence-corrected chi connectivity index (χ1v) is 6.66. The second-order valence-electron chi connectivity index (χ2n) is 5.56. The molecular weight excluding hydrogens is 230 g/mol. The van der Waals surface area contributed by atoms with Gasteiger partial charge >= 0.3 is 0 Å². The molecule has 0 bridgehead atoms. The quantitative estimate of drug-likeness (QED) is 0.831. The molecule has 3 rings (SSSR count). The van der Waals surface area contributed by atoms with Crippen LogP contribution in [0.1, 0.15) is 48.2 Å². The van der Waals surface area contributed by atoms with Crippen molar-refractivity contribution in [3.8, 4) is 0 Å². The van der Waals surface area contributed by atoms with Crippen LogP contribution < -0.4 is 10.6 Å². The van der Waals surface area contributed by atoms with Gasteiger partial charge in [0.15, 0.2) is 0 Å². The van der Waals surface area contributed by atoms with Gasteiger partial charge in [0.05, 0.1) is 6.20 Å². The van der Waals surface area contributed by atoms with Gasteiger partial charge in [-0.2, -0.15) is 0 Å². The summed E-state index contributed by atoms with van der Waals surface area (Å²) in [7, 11) is 0. The van der Waals surface area contributed by atoms with E-state index in [4.69, 9.17) is 4.52 Å². The number of nitrogens with one attached hydrogen (secondary N) is 2. The molecule has 5 nitrogen and oxygen atoms in total. The Morgan fingerprint density at radius 1 is 1.61 bits per heavy atom. The first-order valence-electron chi connectivity index (χ1n) is 6.66. The standard InChI is InChI=1S/C13H19N3O2/c1-9-8-15-18-11(9)12(17)16-10-3-6-14-13(7-10)4-2-5-13/h8,10,14H,2-7H2,1H3,(H,16,17). The van der Waals surface area contributed by atoms with Crippen LogP contribution in [0.3, 0.4) is 0 Å². The summed E-state index contributed by atoms with van der Waals surface area (Å²) in [5, 5.41) is 10.3. The lowest BCUT2D eigenvalue weighted by Crippen LogP contribution is -2.59. The second kappa shape index (κ2) is 4.39. The number of rotatable bonds is 2. The highest BCUT2D eigenvalue weighted by Gasteiger charge is 2.41. The summed E-state index contributed by atoms with van der Waals surface area (Å²) < 4.78 is 4.98. The molecule has 0 aromatic carbocycles. The molecule has 1 amide bonds. The Labute approximate surface area is 106 Å². The van der Waals surface area contributed by atoms with Crippen LogP contribution in [0.15, 0.2) is 10.7 Å². The van der Waals surface area contributed by atoms with Crippen molar-refractivity contribution in [3.05, 3.63) is 17.5 Å². The number of hydrogen-bond donors (Lipinski definition) is 2. The Balaban J connectivity index is 1.62. The van der Waals surface area contributed by atoms with Crippen molar-refractivity contribution in [1.29, 1.82) is 0 Å². The number of nitrogens with zero attached hydrogens (tertiary/aromatic N) is 1. The van der Waals surface area contributed by atoms with Gasteiger partial charge in [-0.05, 0) is 45.6 Å². The average Bonchev–Trinajstić information content (AvgIpc) is 2.74. The van der Waals surface area contributed by atoms with E-state index in [1.54, 1.807) is 6.20 Å². The highest BCUT2D eigenvalue weighted by atomic mass is 16.5. The summed E-state index contributed by atoms with van der Waals surface area (Å²) in [6.07, 6.45) is 7.37. The van der Waals surface area contributed by atoms with Crippen molar-refractivity contribution in [2.24, 2.45) is 0 Å². The molecule has 2 aliphatic rings. The zero-order valence-corrected chi connectivity index (χ0v) is 10.7. The monoisotopic (exact) mass is 249 g/mol. The van der Waals surface area contributed by atoms with Crippen molar-refractivity contribution in [2.45, 2.75) is 50.6 Å². The third kappa shape index (κ3) is 2.03. The number of aromatic nitrogens is 1. The van der Waals surface area contributed by atoms with Gasteiger partial charge < -0.3 is 15.2 Å². The summed E-state index contributed by atoms with van der Waals surface area (Å²) in [6.45, 7) is 2.82. The normalized spacial score (nSPS) is 25.7. The summed E-state index contributed by atoms with van der Waals surface area (Å²) in [5.74, 6) is 0.211. The van der Waals surface area contributed by atoms with Gasteiger partial charge in [0.1, 0.15) is 0 Å². The molecule has 18 heavy (non-hydrogen) atoms. The van der Waals surface area contributed by atoms with E-state index >= 15 is 0 Å². The SMILES string of the molecule is Cc1cnoc1C(=O)NC1CCNC2(CCC2)C1. The molecule has 1 aromatic heterocycles. The van der Waals surface area contributed by atoms with Crippen molar-refractivity contribution in [1.82, 2.24) is 15.8 Å². The van der Waals surface area contributed by atoms with E-state index in [9.17, 15) is 4.79 Å². The Morgan fingerprint density at radius 3 is 3.06 bits per heavy atom. The number of carbonyl (C=O) groups is 1. The largest absolute Gasteiger partial charge is 0.351 e. The molecule has 1 spiro atoms. The maximum atomic E-state index is 12.0. The van der Waals surface area contributed by atoms with E-state index in [1.807, 2.05) is 6.92 Å². The van der Waals surface area contributed by atoms with Crippen LogP contribution in [-0.2, 0) is 0 Å². The van der Waals surface area contributed by atoms with Gasteiger partial charge in [0.25, 0.3) is 5.91 Å². The third-order valence-corrected chi connectivity index (χ3v) is 4.23. The number of carbonyl (C=O) groups excluding carboxylic acids is 1. The minimum atomic E-state index is -0.133. The fourth-order valence-electron chi connectivity index (χ4n) is 3.03. The first kappa shape index (κ1) is 11.7. The Bertz CT molecular complexity index is 451. The zero-order valence-electron chi connectivity index (χ0n) is 10.7. The van der Waals surface area contributed by atoms with Crippen LogP contribution in [-0.4, -0.2) is 29.2 Å². The minimum absolute atomic E-state index is 0.133. The third-order valence-electron chi connectivity index (χ3n) is 4.23. The van der Waals surface area contributed by atoms with Crippen LogP contribution >= 0.6 is 0 Å². The fraction of sp³-hybridized carbons (Fsp3) is 0.692. The van der Waals surface area contributed by atoms with E-state index in [0.29, 0.717) is 11.3 Å². The van der Waals surface area contributed by atoms with Gasteiger partial charge in [-0.3, -0.25) is 4.79 Å². The van der Waals surface area contributed by atoms with Crippen LogP contribution in [0, 0.1) is 6.92 Å². The fourth-order valence-corrected chi connectivity index (χ4v) is 3.03. The summed E-state index contributed by atoms with van der Waals surface area (Å²) in [6, 6.07) is 0.253.